The zero-order chi connectivity index (χ0) is 10.4. The number of H-pyrrole nitrogens is 1. The molecule has 0 aliphatic heterocycles. The Morgan fingerprint density at radius 3 is 1.93 bits per heavy atom. The molecule has 0 atom stereocenters. The number of nitrogens with one attached hydrogen (secondary N) is 1. The molecule has 14 heavy (non-hydrogen) atoms. The fourth-order valence-corrected chi connectivity index (χ4v) is 1.05. The number of pyridine rings is 1. The maximum absolute atomic E-state index is 5.49. The number of hydrogen-bond acceptors (Lipinski definition) is 2. The van der Waals surface area contributed by atoms with Gasteiger partial charge in [0.2, 0.25) is 0 Å². The third-order valence-corrected chi connectivity index (χ3v) is 2.01. The molecule has 0 unspecified atom stereocenters. The molecular formula is C9H9Cl2N3. The number of halogens is 2. The van der Waals surface area contributed by atoms with E-state index >= 15 is 0 Å². The molecule has 0 saturated heterocycles. The van der Waals surface area contributed by atoms with Crippen molar-refractivity contribution in [2.45, 2.75) is 0 Å². The van der Waals surface area contributed by atoms with Crippen LogP contribution in [0.3, 0.4) is 0 Å². The average molecular weight is 230 g/mol. The second kappa shape index (κ2) is 5.52. The molecular weight excluding hydrogens is 221 g/mol. The lowest BCUT2D eigenvalue weighted by Gasteiger charge is -1.83. The Morgan fingerprint density at radius 1 is 1.14 bits per heavy atom. The first-order chi connectivity index (χ1) is 6.72. The first-order valence-electron chi connectivity index (χ1n) is 3.84. The van der Waals surface area contributed by atoms with E-state index in [0.29, 0.717) is 15.9 Å². The van der Waals surface area contributed by atoms with E-state index in [9.17, 15) is 0 Å². The van der Waals surface area contributed by atoms with Gasteiger partial charge in [0.1, 0.15) is 5.15 Å². The maximum Gasteiger partial charge on any atom is 0.131 e. The van der Waals surface area contributed by atoms with E-state index in [2.05, 4.69) is 9.97 Å². The molecule has 0 saturated carbocycles. The molecule has 0 spiro atoms. The van der Waals surface area contributed by atoms with Crippen molar-refractivity contribution in [1.29, 1.82) is 0 Å². The van der Waals surface area contributed by atoms with Crippen molar-refractivity contribution in [1.82, 2.24) is 9.97 Å². The zero-order valence-electron chi connectivity index (χ0n) is 7.24. The fourth-order valence-electron chi connectivity index (χ4n) is 0.700. The van der Waals surface area contributed by atoms with E-state index < -0.39 is 0 Å². The van der Waals surface area contributed by atoms with Crippen molar-refractivity contribution in [3.63, 3.8) is 0 Å². The molecule has 0 radical (unpaired) electrons. The van der Waals surface area contributed by atoms with Gasteiger partial charge in [-0.2, -0.15) is 0 Å². The summed E-state index contributed by atoms with van der Waals surface area (Å²) in [6, 6.07) is 5.72. The van der Waals surface area contributed by atoms with Gasteiger partial charge >= 0.3 is 0 Å². The van der Waals surface area contributed by atoms with Crippen LogP contribution in [0.2, 0.25) is 10.2 Å². The lowest BCUT2D eigenvalue weighted by Crippen LogP contribution is -1.80. The summed E-state index contributed by atoms with van der Waals surface area (Å²) in [7, 11) is 0. The Balaban J connectivity index is 0.000000146. The van der Waals surface area contributed by atoms with Crippen LogP contribution in [-0.4, -0.2) is 9.97 Å². The van der Waals surface area contributed by atoms with Crippen LogP contribution in [0.5, 0.6) is 0 Å². The van der Waals surface area contributed by atoms with Gasteiger partial charge in [-0.05, 0) is 12.1 Å². The van der Waals surface area contributed by atoms with Crippen LogP contribution in [0.15, 0.2) is 36.8 Å². The number of anilines is 1. The Hall–Kier alpha value is -1.19. The standard InChI is InChI=1S/C5H5N.C4H4Cl2N2/c1-2-4-6-5-3-1;5-2-1-8-4(6)3(2)7/h1-5H;1,8H,7H2. The molecule has 2 aromatic rings. The minimum atomic E-state index is 0.398. The van der Waals surface area contributed by atoms with E-state index in [4.69, 9.17) is 28.9 Å². The van der Waals surface area contributed by atoms with E-state index in [1.54, 1.807) is 18.6 Å². The van der Waals surface area contributed by atoms with Gasteiger partial charge in [-0.1, -0.05) is 29.3 Å². The third-order valence-electron chi connectivity index (χ3n) is 1.39. The van der Waals surface area contributed by atoms with Crippen LogP contribution in [0.25, 0.3) is 0 Å². The second-order valence-corrected chi connectivity index (χ2v) is 3.17. The Kier molecular flexibility index (Phi) is 4.29. The van der Waals surface area contributed by atoms with Gasteiger partial charge in [-0.3, -0.25) is 4.98 Å². The van der Waals surface area contributed by atoms with Crippen molar-refractivity contribution < 1.29 is 0 Å². The maximum atomic E-state index is 5.49. The molecule has 74 valence electrons. The molecule has 0 bridgehead atoms. The summed E-state index contributed by atoms with van der Waals surface area (Å²) in [5, 5.41) is 0.866. The van der Waals surface area contributed by atoms with Crippen LogP contribution in [0.1, 0.15) is 0 Å². The number of nitrogens with zero attached hydrogens (tertiary/aromatic N) is 1. The number of aromatic nitrogens is 2. The third kappa shape index (κ3) is 3.28. The predicted molar refractivity (Wildman–Crippen MR) is 59.5 cm³/mol. The highest BCUT2D eigenvalue weighted by molar-refractivity contribution is 6.38. The van der Waals surface area contributed by atoms with Crippen molar-refractivity contribution >= 4 is 28.9 Å². The summed E-state index contributed by atoms with van der Waals surface area (Å²) >= 11 is 11.0. The number of aromatic amines is 1. The molecule has 2 rings (SSSR count). The molecule has 0 aliphatic rings. The predicted octanol–water partition coefficient (Wildman–Crippen LogP) is 2.99. The minimum Gasteiger partial charge on any atom is -0.395 e. The van der Waals surface area contributed by atoms with Crippen molar-refractivity contribution in [2.24, 2.45) is 0 Å². The topological polar surface area (TPSA) is 54.7 Å². The van der Waals surface area contributed by atoms with E-state index in [1.807, 2.05) is 18.2 Å². The normalized spacial score (nSPS) is 9.00. The quantitative estimate of drug-likeness (QED) is 0.730. The molecule has 3 N–H and O–H groups in total. The first kappa shape index (κ1) is 10.9. The molecule has 2 heterocycles. The Morgan fingerprint density at radius 2 is 1.79 bits per heavy atom. The summed E-state index contributed by atoms with van der Waals surface area (Å²) in [6.45, 7) is 0. The van der Waals surface area contributed by atoms with Crippen molar-refractivity contribution in [3.8, 4) is 0 Å². The summed E-state index contributed by atoms with van der Waals surface area (Å²) in [5.74, 6) is 0. The van der Waals surface area contributed by atoms with Crippen LogP contribution in [0, 0.1) is 0 Å². The zero-order valence-corrected chi connectivity index (χ0v) is 8.76. The van der Waals surface area contributed by atoms with Crippen molar-refractivity contribution in [2.75, 3.05) is 5.73 Å². The average Bonchev–Trinajstić information content (AvgIpc) is 2.53. The molecule has 5 heteroatoms. The lowest BCUT2D eigenvalue weighted by atomic mass is 10.5. The lowest BCUT2D eigenvalue weighted by molar-refractivity contribution is 1.33. The number of rotatable bonds is 0. The number of nitrogen functional groups attached to an aromatic ring is 1. The molecule has 3 nitrogen and oxygen atoms in total. The summed E-state index contributed by atoms with van der Waals surface area (Å²) < 4.78 is 0. The van der Waals surface area contributed by atoms with Gasteiger partial charge in [0.15, 0.2) is 0 Å². The van der Waals surface area contributed by atoms with Gasteiger partial charge in [-0.15, -0.1) is 0 Å². The Labute approximate surface area is 91.9 Å². The highest BCUT2D eigenvalue weighted by Gasteiger charge is 2.00. The molecule has 0 amide bonds. The van der Waals surface area contributed by atoms with Crippen LogP contribution < -0.4 is 5.73 Å². The summed E-state index contributed by atoms with van der Waals surface area (Å²) in [5.41, 5.74) is 5.72. The monoisotopic (exact) mass is 229 g/mol. The van der Waals surface area contributed by atoms with E-state index in [-0.39, 0.29) is 0 Å². The van der Waals surface area contributed by atoms with E-state index in [1.165, 1.54) is 0 Å². The largest absolute Gasteiger partial charge is 0.395 e. The van der Waals surface area contributed by atoms with Crippen LogP contribution in [-0.2, 0) is 0 Å². The smallest absolute Gasteiger partial charge is 0.131 e. The molecule has 0 aromatic carbocycles. The van der Waals surface area contributed by atoms with Gasteiger partial charge in [0, 0.05) is 18.6 Å². The number of hydrogen-bond donors (Lipinski definition) is 2. The molecule has 0 aliphatic carbocycles. The van der Waals surface area contributed by atoms with Crippen LogP contribution in [0.4, 0.5) is 5.69 Å². The number of nitrogens with two attached hydrogens (primary N) is 1. The summed E-state index contributed by atoms with van der Waals surface area (Å²) in [6.07, 6.45) is 5.04. The Bertz CT molecular complexity index is 327. The van der Waals surface area contributed by atoms with Gasteiger partial charge in [-0.25, -0.2) is 0 Å². The highest BCUT2D eigenvalue weighted by Crippen LogP contribution is 2.25. The fraction of sp³-hybridized carbons (Fsp3) is 0. The summed E-state index contributed by atoms with van der Waals surface area (Å²) in [4.78, 5) is 6.43. The first-order valence-corrected chi connectivity index (χ1v) is 4.60. The molecule has 0 fully saturated rings. The van der Waals surface area contributed by atoms with E-state index in [0.717, 1.165) is 0 Å². The van der Waals surface area contributed by atoms with Gasteiger partial charge in [0.05, 0.1) is 10.7 Å². The highest BCUT2D eigenvalue weighted by atomic mass is 35.5. The second-order valence-electron chi connectivity index (χ2n) is 2.39. The molecule has 2 aromatic heterocycles. The SMILES string of the molecule is Nc1c(Cl)c[nH]c1Cl.c1ccncc1. The van der Waals surface area contributed by atoms with Crippen molar-refractivity contribution in [3.05, 3.63) is 47.0 Å². The van der Waals surface area contributed by atoms with Crippen LogP contribution >= 0.6 is 23.2 Å². The van der Waals surface area contributed by atoms with Gasteiger partial charge in [0.25, 0.3) is 0 Å². The van der Waals surface area contributed by atoms with Gasteiger partial charge < -0.3 is 10.7 Å². The minimum absolute atomic E-state index is 0.398.